The molecule has 2 aromatic rings. The molecular weight excluding hydrogens is 298 g/mol. The summed E-state index contributed by atoms with van der Waals surface area (Å²) in [6.07, 6.45) is 5.87. The summed E-state index contributed by atoms with van der Waals surface area (Å²) in [5.74, 6) is 0.670. The van der Waals surface area contributed by atoms with Crippen LogP contribution in [0.5, 0.6) is 0 Å². The molecule has 0 radical (unpaired) electrons. The van der Waals surface area contributed by atoms with Gasteiger partial charge in [0.1, 0.15) is 0 Å². The highest BCUT2D eigenvalue weighted by atomic mass is 16.1. The predicted molar refractivity (Wildman–Crippen MR) is 98.7 cm³/mol. The molecule has 1 N–H and O–H groups in total. The minimum atomic E-state index is -0.113. The molecule has 1 aromatic heterocycles. The van der Waals surface area contributed by atoms with Gasteiger partial charge >= 0.3 is 0 Å². The van der Waals surface area contributed by atoms with Crippen molar-refractivity contribution in [2.45, 2.75) is 33.6 Å². The van der Waals surface area contributed by atoms with Gasteiger partial charge in [-0.1, -0.05) is 13.0 Å². The molecule has 0 saturated carbocycles. The second-order valence-electron chi connectivity index (χ2n) is 6.85. The van der Waals surface area contributed by atoms with Crippen LogP contribution < -0.4 is 10.2 Å². The highest BCUT2D eigenvalue weighted by Crippen LogP contribution is 2.23. The number of rotatable bonds is 3. The van der Waals surface area contributed by atoms with E-state index in [0.29, 0.717) is 5.56 Å². The molecule has 0 unspecified atom stereocenters. The summed E-state index contributed by atoms with van der Waals surface area (Å²) in [4.78, 5) is 19.1. The molecule has 1 saturated heterocycles. The molecule has 2 heterocycles. The Balaban J connectivity index is 1.73. The minimum Gasteiger partial charge on any atom is -0.370 e. The number of amides is 1. The van der Waals surface area contributed by atoms with Gasteiger partial charge < -0.3 is 10.2 Å². The first kappa shape index (κ1) is 16.5. The van der Waals surface area contributed by atoms with E-state index in [1.807, 2.05) is 37.4 Å². The van der Waals surface area contributed by atoms with Crippen LogP contribution in [0.15, 0.2) is 36.7 Å². The number of nitrogens with one attached hydrogen (secondary N) is 1. The maximum absolute atomic E-state index is 12.5. The molecule has 0 spiro atoms. The van der Waals surface area contributed by atoms with Crippen LogP contribution in [0, 0.1) is 19.8 Å². The molecule has 0 bridgehead atoms. The standard InChI is InChI=1S/C20H25N3O/c1-14-6-8-23(9-7-14)19-11-17(12-21-13-19)20(24)22-18-5-4-15(2)16(3)10-18/h4-5,10-14H,6-9H2,1-3H3,(H,22,24). The van der Waals surface area contributed by atoms with E-state index < -0.39 is 0 Å². The number of carbonyl (C=O) groups excluding carboxylic acids is 1. The lowest BCUT2D eigenvalue weighted by Crippen LogP contribution is -2.33. The first-order valence-electron chi connectivity index (χ1n) is 8.61. The largest absolute Gasteiger partial charge is 0.370 e. The summed E-state index contributed by atoms with van der Waals surface area (Å²) in [5.41, 5.74) is 4.84. The van der Waals surface area contributed by atoms with E-state index in [-0.39, 0.29) is 5.91 Å². The van der Waals surface area contributed by atoms with Gasteiger partial charge in [0.2, 0.25) is 0 Å². The third-order valence-electron chi connectivity index (χ3n) is 4.90. The molecule has 0 atom stereocenters. The molecule has 1 aliphatic heterocycles. The summed E-state index contributed by atoms with van der Waals surface area (Å²) in [6.45, 7) is 8.47. The van der Waals surface area contributed by atoms with Gasteiger partial charge in [-0.05, 0) is 61.9 Å². The maximum Gasteiger partial charge on any atom is 0.257 e. The van der Waals surface area contributed by atoms with Crippen LogP contribution in [0.2, 0.25) is 0 Å². The van der Waals surface area contributed by atoms with Crippen molar-refractivity contribution < 1.29 is 4.79 Å². The molecule has 24 heavy (non-hydrogen) atoms. The summed E-state index contributed by atoms with van der Waals surface area (Å²) < 4.78 is 0. The number of pyridine rings is 1. The topological polar surface area (TPSA) is 45.2 Å². The lowest BCUT2D eigenvalue weighted by atomic mass is 9.99. The molecule has 0 aliphatic carbocycles. The van der Waals surface area contributed by atoms with Crippen LogP contribution >= 0.6 is 0 Å². The van der Waals surface area contributed by atoms with E-state index in [1.54, 1.807) is 6.20 Å². The molecule has 1 fully saturated rings. The SMILES string of the molecule is Cc1ccc(NC(=O)c2cncc(N3CCC(C)CC3)c2)cc1C. The van der Waals surface area contributed by atoms with E-state index in [2.05, 4.69) is 29.0 Å². The Labute approximate surface area is 143 Å². The van der Waals surface area contributed by atoms with Gasteiger partial charge in [-0.25, -0.2) is 0 Å². The van der Waals surface area contributed by atoms with Crippen molar-refractivity contribution >= 4 is 17.3 Å². The van der Waals surface area contributed by atoms with Crippen LogP contribution in [-0.2, 0) is 0 Å². The Morgan fingerprint density at radius 1 is 1.12 bits per heavy atom. The molecule has 1 aliphatic rings. The fraction of sp³-hybridized carbons (Fsp3) is 0.400. The molecule has 126 valence electrons. The normalized spacial score (nSPS) is 15.4. The smallest absolute Gasteiger partial charge is 0.257 e. The fourth-order valence-corrected chi connectivity index (χ4v) is 3.01. The predicted octanol–water partition coefficient (Wildman–Crippen LogP) is 4.19. The first-order valence-corrected chi connectivity index (χ1v) is 8.61. The lowest BCUT2D eigenvalue weighted by molar-refractivity contribution is 0.102. The first-order chi connectivity index (χ1) is 11.5. The number of aryl methyl sites for hydroxylation is 2. The van der Waals surface area contributed by atoms with Crippen molar-refractivity contribution in [1.82, 2.24) is 4.98 Å². The van der Waals surface area contributed by atoms with Gasteiger partial charge in [0.25, 0.3) is 5.91 Å². The Morgan fingerprint density at radius 3 is 2.58 bits per heavy atom. The van der Waals surface area contributed by atoms with Gasteiger partial charge in [-0.3, -0.25) is 9.78 Å². The number of benzene rings is 1. The highest BCUT2D eigenvalue weighted by molar-refractivity contribution is 6.04. The Kier molecular flexibility index (Phi) is 4.84. The fourth-order valence-electron chi connectivity index (χ4n) is 3.01. The summed E-state index contributed by atoms with van der Waals surface area (Å²) in [5, 5.41) is 2.97. The van der Waals surface area contributed by atoms with Gasteiger partial charge in [0.15, 0.2) is 0 Å². The van der Waals surface area contributed by atoms with Gasteiger partial charge in [0.05, 0.1) is 17.4 Å². The number of piperidine rings is 1. The monoisotopic (exact) mass is 323 g/mol. The lowest BCUT2D eigenvalue weighted by Gasteiger charge is -2.32. The van der Waals surface area contributed by atoms with Crippen LogP contribution in [0.1, 0.15) is 41.3 Å². The van der Waals surface area contributed by atoms with E-state index in [0.717, 1.165) is 30.4 Å². The second-order valence-corrected chi connectivity index (χ2v) is 6.85. The van der Waals surface area contributed by atoms with E-state index >= 15 is 0 Å². The number of hydrogen-bond acceptors (Lipinski definition) is 3. The molecule has 3 rings (SSSR count). The zero-order chi connectivity index (χ0) is 17.1. The second kappa shape index (κ2) is 7.04. The average molecular weight is 323 g/mol. The van der Waals surface area contributed by atoms with E-state index in [4.69, 9.17) is 0 Å². The van der Waals surface area contributed by atoms with E-state index in [9.17, 15) is 4.79 Å². The number of anilines is 2. The highest BCUT2D eigenvalue weighted by Gasteiger charge is 2.17. The number of nitrogens with zero attached hydrogens (tertiary/aromatic N) is 2. The van der Waals surface area contributed by atoms with Crippen molar-refractivity contribution in [2.24, 2.45) is 5.92 Å². The quantitative estimate of drug-likeness (QED) is 0.921. The Hall–Kier alpha value is -2.36. The number of hydrogen-bond donors (Lipinski definition) is 1. The molecule has 1 amide bonds. The molecule has 4 heteroatoms. The van der Waals surface area contributed by atoms with Gasteiger partial charge in [0, 0.05) is 25.0 Å². The third kappa shape index (κ3) is 3.75. The average Bonchev–Trinajstić information content (AvgIpc) is 2.59. The minimum absolute atomic E-state index is 0.113. The van der Waals surface area contributed by atoms with E-state index in [1.165, 1.54) is 24.0 Å². The molecule has 4 nitrogen and oxygen atoms in total. The van der Waals surface area contributed by atoms with Crippen molar-refractivity contribution in [3.63, 3.8) is 0 Å². The Morgan fingerprint density at radius 2 is 1.88 bits per heavy atom. The number of carbonyl (C=O) groups is 1. The zero-order valence-corrected chi connectivity index (χ0v) is 14.7. The van der Waals surface area contributed by atoms with Crippen LogP contribution in [-0.4, -0.2) is 24.0 Å². The third-order valence-corrected chi connectivity index (χ3v) is 4.90. The Bertz CT molecular complexity index is 733. The molecule has 1 aromatic carbocycles. The summed E-state index contributed by atoms with van der Waals surface area (Å²) in [7, 11) is 0. The van der Waals surface area contributed by atoms with Crippen molar-refractivity contribution in [3.05, 3.63) is 53.3 Å². The van der Waals surface area contributed by atoms with Crippen LogP contribution in [0.4, 0.5) is 11.4 Å². The van der Waals surface area contributed by atoms with Crippen LogP contribution in [0.25, 0.3) is 0 Å². The van der Waals surface area contributed by atoms with Gasteiger partial charge in [-0.15, -0.1) is 0 Å². The van der Waals surface area contributed by atoms with Crippen molar-refractivity contribution in [1.29, 1.82) is 0 Å². The zero-order valence-electron chi connectivity index (χ0n) is 14.7. The molecular formula is C20H25N3O. The van der Waals surface area contributed by atoms with Gasteiger partial charge in [-0.2, -0.15) is 0 Å². The van der Waals surface area contributed by atoms with Crippen molar-refractivity contribution in [2.75, 3.05) is 23.3 Å². The summed E-state index contributed by atoms with van der Waals surface area (Å²) in [6, 6.07) is 7.90. The number of aromatic nitrogens is 1. The van der Waals surface area contributed by atoms with Crippen LogP contribution in [0.3, 0.4) is 0 Å². The maximum atomic E-state index is 12.5. The summed E-state index contributed by atoms with van der Waals surface area (Å²) >= 11 is 0. The van der Waals surface area contributed by atoms with Crippen molar-refractivity contribution in [3.8, 4) is 0 Å².